The number of hydrogen-bond donors (Lipinski definition) is 1. The van der Waals surface area contributed by atoms with Crippen molar-refractivity contribution in [1.82, 2.24) is 10.2 Å². The lowest BCUT2D eigenvalue weighted by Crippen LogP contribution is -2.51. The molecule has 1 N–H and O–H groups in total. The summed E-state index contributed by atoms with van der Waals surface area (Å²) in [6, 6.07) is 8.25. The van der Waals surface area contributed by atoms with Crippen molar-refractivity contribution in [2.45, 2.75) is 33.2 Å². The second kappa shape index (κ2) is 9.01. The van der Waals surface area contributed by atoms with Gasteiger partial charge in [-0.25, -0.2) is 0 Å². The molecule has 1 saturated heterocycles. The second-order valence-electron chi connectivity index (χ2n) is 6.22. The molecule has 124 valence electrons. The molecule has 1 aliphatic heterocycles. The van der Waals surface area contributed by atoms with Gasteiger partial charge < -0.3 is 15.0 Å². The van der Waals surface area contributed by atoms with Gasteiger partial charge in [-0.15, -0.1) is 12.4 Å². The fraction of sp³-hybridized carbons (Fsp3) is 0.588. The molecule has 0 saturated carbocycles. The molecule has 1 aromatic carbocycles. The van der Waals surface area contributed by atoms with Crippen LogP contribution < -0.4 is 10.1 Å². The van der Waals surface area contributed by atoms with Gasteiger partial charge in [0.25, 0.3) is 0 Å². The number of nitrogens with zero attached hydrogens (tertiary/aromatic N) is 1. The van der Waals surface area contributed by atoms with Gasteiger partial charge in [0.05, 0.1) is 13.0 Å². The standard InChI is InChI=1S/C17H26N2O2.ClH/c1-13(2)12-21-16-6-4-15(5-7-16)10-17(20)19-9-8-18-14(3)11-19;/h4-7,13-14,18H,8-12H2,1-3H3;1H. The average molecular weight is 327 g/mol. The highest BCUT2D eigenvalue weighted by atomic mass is 35.5. The number of ether oxygens (including phenoxy) is 1. The molecule has 0 aromatic heterocycles. The minimum Gasteiger partial charge on any atom is -0.493 e. The van der Waals surface area contributed by atoms with E-state index in [-0.39, 0.29) is 18.3 Å². The highest BCUT2D eigenvalue weighted by Crippen LogP contribution is 2.14. The van der Waals surface area contributed by atoms with E-state index in [0.717, 1.165) is 37.6 Å². The Morgan fingerprint density at radius 3 is 2.64 bits per heavy atom. The highest BCUT2D eigenvalue weighted by molar-refractivity contribution is 5.85. The SMILES string of the molecule is CC(C)COc1ccc(CC(=O)N2CCNC(C)C2)cc1.Cl. The zero-order chi connectivity index (χ0) is 15.2. The quantitative estimate of drug-likeness (QED) is 0.904. The van der Waals surface area contributed by atoms with E-state index in [0.29, 0.717) is 18.4 Å². The Balaban J connectivity index is 0.00000242. The summed E-state index contributed by atoms with van der Waals surface area (Å²) in [5.41, 5.74) is 1.04. The molecular weight excluding hydrogens is 300 g/mol. The van der Waals surface area contributed by atoms with E-state index < -0.39 is 0 Å². The lowest BCUT2D eigenvalue weighted by Gasteiger charge is -2.32. The minimum absolute atomic E-state index is 0. The molecule has 22 heavy (non-hydrogen) atoms. The van der Waals surface area contributed by atoms with Gasteiger partial charge in [-0.3, -0.25) is 4.79 Å². The van der Waals surface area contributed by atoms with Crippen molar-refractivity contribution in [2.24, 2.45) is 5.92 Å². The van der Waals surface area contributed by atoms with Crippen molar-refractivity contribution < 1.29 is 9.53 Å². The van der Waals surface area contributed by atoms with Gasteiger partial charge in [0.2, 0.25) is 5.91 Å². The number of carbonyl (C=O) groups excluding carboxylic acids is 1. The summed E-state index contributed by atoms with van der Waals surface area (Å²) in [5.74, 6) is 1.59. The summed E-state index contributed by atoms with van der Waals surface area (Å²) in [7, 11) is 0. The van der Waals surface area contributed by atoms with Crippen molar-refractivity contribution in [2.75, 3.05) is 26.2 Å². The Morgan fingerprint density at radius 1 is 1.36 bits per heavy atom. The summed E-state index contributed by atoms with van der Waals surface area (Å²) in [6.45, 7) is 9.57. The lowest BCUT2D eigenvalue weighted by molar-refractivity contribution is -0.131. The fourth-order valence-electron chi connectivity index (χ4n) is 2.41. The van der Waals surface area contributed by atoms with Gasteiger partial charge in [0, 0.05) is 25.7 Å². The van der Waals surface area contributed by atoms with Crippen molar-refractivity contribution in [3.8, 4) is 5.75 Å². The molecular formula is C17H27ClN2O2. The number of carbonyl (C=O) groups is 1. The molecule has 0 bridgehead atoms. The number of amides is 1. The molecule has 1 heterocycles. The van der Waals surface area contributed by atoms with Crippen LogP contribution in [0.4, 0.5) is 0 Å². The van der Waals surface area contributed by atoms with Crippen LogP contribution in [0.25, 0.3) is 0 Å². The number of hydrogen-bond acceptors (Lipinski definition) is 3. The highest BCUT2D eigenvalue weighted by Gasteiger charge is 2.20. The van der Waals surface area contributed by atoms with Crippen molar-refractivity contribution >= 4 is 18.3 Å². The second-order valence-corrected chi connectivity index (χ2v) is 6.22. The van der Waals surface area contributed by atoms with E-state index in [9.17, 15) is 4.79 Å². The molecule has 1 unspecified atom stereocenters. The molecule has 2 rings (SSSR count). The van der Waals surface area contributed by atoms with Gasteiger partial charge >= 0.3 is 0 Å². The minimum atomic E-state index is 0. The van der Waals surface area contributed by atoms with E-state index >= 15 is 0 Å². The number of nitrogens with one attached hydrogen (secondary N) is 1. The molecule has 1 amide bonds. The topological polar surface area (TPSA) is 41.6 Å². The van der Waals surface area contributed by atoms with Crippen LogP contribution in [0.15, 0.2) is 24.3 Å². The smallest absolute Gasteiger partial charge is 0.227 e. The number of halogens is 1. The summed E-state index contributed by atoms with van der Waals surface area (Å²) >= 11 is 0. The van der Waals surface area contributed by atoms with Crippen LogP contribution in [0, 0.1) is 5.92 Å². The van der Waals surface area contributed by atoms with Crippen LogP contribution >= 0.6 is 12.4 Å². The summed E-state index contributed by atoms with van der Waals surface area (Å²) in [5, 5.41) is 3.35. The van der Waals surface area contributed by atoms with Gasteiger partial charge in [-0.2, -0.15) is 0 Å². The summed E-state index contributed by atoms with van der Waals surface area (Å²) in [4.78, 5) is 14.2. The first-order valence-corrected chi connectivity index (χ1v) is 7.77. The average Bonchev–Trinajstić information content (AvgIpc) is 2.46. The molecule has 0 aliphatic carbocycles. The molecule has 4 nitrogen and oxygen atoms in total. The molecule has 1 fully saturated rings. The van der Waals surface area contributed by atoms with Gasteiger partial charge in [-0.1, -0.05) is 26.0 Å². The Bertz CT molecular complexity index is 462. The Hall–Kier alpha value is -1.26. The number of piperazine rings is 1. The van der Waals surface area contributed by atoms with E-state index in [1.54, 1.807) is 0 Å². The zero-order valence-electron chi connectivity index (χ0n) is 13.7. The fourth-order valence-corrected chi connectivity index (χ4v) is 2.41. The largest absolute Gasteiger partial charge is 0.493 e. The van der Waals surface area contributed by atoms with Gasteiger partial charge in [0.1, 0.15) is 5.75 Å². The van der Waals surface area contributed by atoms with E-state index in [1.165, 1.54) is 0 Å². The van der Waals surface area contributed by atoms with Crippen molar-refractivity contribution in [3.63, 3.8) is 0 Å². The molecule has 0 radical (unpaired) electrons. The number of rotatable bonds is 5. The molecule has 1 aliphatic rings. The molecule has 0 spiro atoms. The first-order chi connectivity index (χ1) is 10.0. The summed E-state index contributed by atoms with van der Waals surface area (Å²) < 4.78 is 5.65. The molecule has 1 aromatic rings. The third-order valence-corrected chi connectivity index (χ3v) is 3.58. The van der Waals surface area contributed by atoms with Gasteiger partial charge in [0.15, 0.2) is 0 Å². The monoisotopic (exact) mass is 326 g/mol. The molecule has 1 atom stereocenters. The number of benzene rings is 1. The van der Waals surface area contributed by atoms with Crippen LogP contribution in [0.2, 0.25) is 0 Å². The maximum Gasteiger partial charge on any atom is 0.227 e. The predicted molar refractivity (Wildman–Crippen MR) is 91.8 cm³/mol. The Morgan fingerprint density at radius 2 is 2.05 bits per heavy atom. The lowest BCUT2D eigenvalue weighted by atomic mass is 10.1. The molecule has 5 heteroatoms. The van der Waals surface area contributed by atoms with Crippen molar-refractivity contribution in [1.29, 1.82) is 0 Å². The summed E-state index contributed by atoms with van der Waals surface area (Å²) in [6.07, 6.45) is 0.469. The Labute approximate surface area is 139 Å². The van der Waals surface area contributed by atoms with E-state index in [4.69, 9.17) is 4.74 Å². The zero-order valence-corrected chi connectivity index (χ0v) is 14.5. The van der Waals surface area contributed by atoms with Crippen LogP contribution in [0.1, 0.15) is 26.3 Å². The van der Waals surface area contributed by atoms with Gasteiger partial charge in [-0.05, 0) is 30.5 Å². The maximum atomic E-state index is 12.3. The third kappa shape index (κ3) is 5.85. The third-order valence-electron chi connectivity index (χ3n) is 3.58. The van der Waals surface area contributed by atoms with E-state index in [2.05, 4.69) is 26.1 Å². The normalized spacial score (nSPS) is 18.0. The van der Waals surface area contributed by atoms with Crippen LogP contribution in [-0.2, 0) is 11.2 Å². The van der Waals surface area contributed by atoms with Crippen molar-refractivity contribution in [3.05, 3.63) is 29.8 Å². The van der Waals surface area contributed by atoms with Crippen LogP contribution in [0.5, 0.6) is 5.75 Å². The van der Waals surface area contributed by atoms with Crippen LogP contribution in [0.3, 0.4) is 0 Å². The Kier molecular flexibility index (Phi) is 7.69. The first kappa shape index (κ1) is 18.8. The van der Waals surface area contributed by atoms with Crippen LogP contribution in [-0.4, -0.2) is 43.1 Å². The maximum absolute atomic E-state index is 12.3. The predicted octanol–water partition coefficient (Wildman–Crippen LogP) is 2.51. The van der Waals surface area contributed by atoms with E-state index in [1.807, 2.05) is 29.2 Å². The first-order valence-electron chi connectivity index (χ1n) is 7.77.